The Balaban J connectivity index is 4.96. The van der Waals surface area contributed by atoms with Crippen LogP contribution in [-0.2, 0) is 23.8 Å². The molecule has 0 saturated carbocycles. The van der Waals surface area contributed by atoms with Crippen molar-refractivity contribution < 1.29 is 35.3 Å². The van der Waals surface area contributed by atoms with Crippen LogP contribution < -0.4 is 0 Å². The number of hydrogen-bond acceptors (Lipinski definition) is 5. The standard InChI is InChI=1S/C9H15F3O5S/c1-4-16-8(13)7(5-6(2)3)17-18(14,15)9(10,11)12/h6-7H,4-5H2,1-3H3. The van der Waals surface area contributed by atoms with Crippen molar-refractivity contribution in [1.82, 2.24) is 0 Å². The largest absolute Gasteiger partial charge is 0.523 e. The molecule has 0 aliphatic carbocycles. The van der Waals surface area contributed by atoms with Crippen LogP contribution >= 0.6 is 0 Å². The molecule has 0 fully saturated rings. The zero-order valence-electron chi connectivity index (χ0n) is 10.2. The lowest BCUT2D eigenvalue weighted by Gasteiger charge is -2.18. The summed E-state index contributed by atoms with van der Waals surface area (Å²) in [5.74, 6) is -1.36. The first-order valence-electron chi connectivity index (χ1n) is 5.17. The van der Waals surface area contributed by atoms with E-state index in [0.717, 1.165) is 0 Å². The van der Waals surface area contributed by atoms with Gasteiger partial charge in [-0.05, 0) is 19.3 Å². The van der Waals surface area contributed by atoms with Crippen molar-refractivity contribution in [2.45, 2.75) is 38.8 Å². The van der Waals surface area contributed by atoms with E-state index in [2.05, 4.69) is 8.92 Å². The molecular weight excluding hydrogens is 277 g/mol. The van der Waals surface area contributed by atoms with E-state index in [1.165, 1.54) is 6.92 Å². The van der Waals surface area contributed by atoms with Gasteiger partial charge < -0.3 is 4.74 Å². The highest BCUT2D eigenvalue weighted by atomic mass is 32.2. The van der Waals surface area contributed by atoms with E-state index < -0.39 is 27.7 Å². The molecule has 0 rings (SSSR count). The molecule has 18 heavy (non-hydrogen) atoms. The Labute approximate surface area is 103 Å². The van der Waals surface area contributed by atoms with E-state index in [1.54, 1.807) is 13.8 Å². The van der Waals surface area contributed by atoms with Crippen LogP contribution in [0, 0.1) is 5.92 Å². The van der Waals surface area contributed by atoms with Crippen LogP contribution in [0.2, 0.25) is 0 Å². The number of carbonyl (C=O) groups excluding carboxylic acids is 1. The number of hydrogen-bond donors (Lipinski definition) is 0. The summed E-state index contributed by atoms with van der Waals surface area (Å²) < 4.78 is 66.3. The zero-order valence-corrected chi connectivity index (χ0v) is 11.0. The normalized spacial score (nSPS) is 14.6. The molecular formula is C9H15F3O5S. The van der Waals surface area contributed by atoms with Gasteiger partial charge in [-0.15, -0.1) is 0 Å². The molecule has 0 aromatic rings. The summed E-state index contributed by atoms with van der Waals surface area (Å²) in [5.41, 5.74) is -5.56. The minimum Gasteiger partial charge on any atom is -0.464 e. The van der Waals surface area contributed by atoms with Gasteiger partial charge in [-0.2, -0.15) is 21.6 Å². The lowest BCUT2D eigenvalue weighted by molar-refractivity contribution is -0.152. The summed E-state index contributed by atoms with van der Waals surface area (Å²) in [4.78, 5) is 11.3. The van der Waals surface area contributed by atoms with Crippen molar-refractivity contribution in [3.05, 3.63) is 0 Å². The second-order valence-corrected chi connectivity index (χ2v) is 5.43. The molecule has 1 atom stereocenters. The summed E-state index contributed by atoms with van der Waals surface area (Å²) in [5, 5.41) is 0. The molecule has 0 heterocycles. The number of rotatable bonds is 6. The second-order valence-electron chi connectivity index (χ2n) is 3.87. The average molecular weight is 292 g/mol. The highest BCUT2D eigenvalue weighted by molar-refractivity contribution is 7.87. The van der Waals surface area contributed by atoms with E-state index in [4.69, 9.17) is 0 Å². The summed E-state index contributed by atoms with van der Waals surface area (Å²) >= 11 is 0. The van der Waals surface area contributed by atoms with Crippen LogP contribution in [0.1, 0.15) is 27.2 Å². The Kier molecular flexibility index (Phi) is 6.08. The molecule has 9 heteroatoms. The van der Waals surface area contributed by atoms with Crippen LogP contribution in [0.4, 0.5) is 13.2 Å². The number of ether oxygens (including phenoxy) is 1. The first-order chi connectivity index (χ1) is 8.01. The van der Waals surface area contributed by atoms with Crippen molar-refractivity contribution in [3.8, 4) is 0 Å². The van der Waals surface area contributed by atoms with Gasteiger partial charge >= 0.3 is 21.6 Å². The number of halogens is 3. The Morgan fingerprint density at radius 3 is 2.11 bits per heavy atom. The Morgan fingerprint density at radius 2 is 1.78 bits per heavy atom. The summed E-state index contributed by atoms with van der Waals surface area (Å²) in [6, 6.07) is 0. The minimum absolute atomic E-state index is 0.0805. The number of esters is 1. The second kappa shape index (κ2) is 6.37. The molecule has 0 saturated heterocycles. The maximum Gasteiger partial charge on any atom is 0.523 e. The Hall–Kier alpha value is -0.830. The molecule has 108 valence electrons. The van der Waals surface area contributed by atoms with E-state index >= 15 is 0 Å². The third kappa shape index (κ3) is 5.21. The van der Waals surface area contributed by atoms with Crippen molar-refractivity contribution in [2.24, 2.45) is 5.92 Å². The van der Waals surface area contributed by atoms with Crippen LogP contribution in [-0.4, -0.2) is 32.6 Å². The average Bonchev–Trinajstić information content (AvgIpc) is 2.14. The van der Waals surface area contributed by atoms with Crippen molar-refractivity contribution in [1.29, 1.82) is 0 Å². The zero-order chi connectivity index (χ0) is 14.6. The fourth-order valence-corrected chi connectivity index (χ4v) is 1.62. The van der Waals surface area contributed by atoms with Crippen molar-refractivity contribution in [2.75, 3.05) is 6.61 Å². The molecule has 0 spiro atoms. The van der Waals surface area contributed by atoms with E-state index in [1.807, 2.05) is 0 Å². The lowest BCUT2D eigenvalue weighted by Crippen LogP contribution is -2.36. The van der Waals surface area contributed by atoms with Crippen LogP contribution in [0.5, 0.6) is 0 Å². The minimum atomic E-state index is -5.81. The first-order valence-corrected chi connectivity index (χ1v) is 6.58. The molecule has 5 nitrogen and oxygen atoms in total. The smallest absolute Gasteiger partial charge is 0.464 e. The van der Waals surface area contributed by atoms with Gasteiger partial charge in [0, 0.05) is 0 Å². The molecule has 0 aliphatic heterocycles. The van der Waals surface area contributed by atoms with E-state index in [9.17, 15) is 26.4 Å². The third-order valence-electron chi connectivity index (χ3n) is 1.76. The summed E-state index contributed by atoms with van der Waals surface area (Å²) in [7, 11) is -5.81. The fraction of sp³-hybridized carbons (Fsp3) is 0.889. The van der Waals surface area contributed by atoms with Gasteiger partial charge in [0.25, 0.3) is 0 Å². The van der Waals surface area contributed by atoms with Gasteiger partial charge in [0.1, 0.15) is 0 Å². The van der Waals surface area contributed by atoms with E-state index in [0.29, 0.717) is 0 Å². The summed E-state index contributed by atoms with van der Waals surface area (Å²) in [6.07, 6.45) is -1.97. The molecule has 0 radical (unpaired) electrons. The van der Waals surface area contributed by atoms with E-state index in [-0.39, 0.29) is 18.9 Å². The maximum absolute atomic E-state index is 12.1. The lowest BCUT2D eigenvalue weighted by atomic mass is 10.1. The van der Waals surface area contributed by atoms with Gasteiger partial charge in [-0.3, -0.25) is 0 Å². The molecule has 0 N–H and O–H groups in total. The number of carbonyl (C=O) groups is 1. The van der Waals surface area contributed by atoms with Crippen LogP contribution in [0.25, 0.3) is 0 Å². The van der Waals surface area contributed by atoms with Crippen LogP contribution in [0.15, 0.2) is 0 Å². The fourth-order valence-electron chi connectivity index (χ4n) is 1.05. The Bertz CT molecular complexity index is 374. The van der Waals surface area contributed by atoms with Gasteiger partial charge in [-0.25, -0.2) is 8.98 Å². The molecule has 1 unspecified atom stereocenters. The predicted octanol–water partition coefficient (Wildman–Crippen LogP) is 1.83. The van der Waals surface area contributed by atoms with Crippen LogP contribution in [0.3, 0.4) is 0 Å². The van der Waals surface area contributed by atoms with Crippen molar-refractivity contribution >= 4 is 16.1 Å². The quantitative estimate of drug-likeness (QED) is 0.424. The summed E-state index contributed by atoms with van der Waals surface area (Å²) in [6.45, 7) is 4.58. The maximum atomic E-state index is 12.1. The molecule has 0 aliphatic rings. The number of alkyl halides is 3. The topological polar surface area (TPSA) is 69.7 Å². The molecule has 0 aromatic carbocycles. The molecule has 0 amide bonds. The van der Waals surface area contributed by atoms with Gasteiger partial charge in [-0.1, -0.05) is 13.8 Å². The van der Waals surface area contributed by atoms with Gasteiger partial charge in [0.15, 0.2) is 6.10 Å². The third-order valence-corrected chi connectivity index (χ3v) is 2.81. The molecule has 0 aromatic heterocycles. The van der Waals surface area contributed by atoms with Gasteiger partial charge in [0.05, 0.1) is 6.61 Å². The molecule has 0 bridgehead atoms. The monoisotopic (exact) mass is 292 g/mol. The highest BCUT2D eigenvalue weighted by Crippen LogP contribution is 2.27. The Morgan fingerprint density at radius 1 is 1.28 bits per heavy atom. The predicted molar refractivity (Wildman–Crippen MR) is 55.9 cm³/mol. The highest BCUT2D eigenvalue weighted by Gasteiger charge is 2.49. The van der Waals surface area contributed by atoms with Gasteiger partial charge in [0.2, 0.25) is 0 Å². The SMILES string of the molecule is CCOC(=O)C(CC(C)C)OS(=O)(=O)C(F)(F)F. The van der Waals surface area contributed by atoms with Crippen molar-refractivity contribution in [3.63, 3.8) is 0 Å². The first kappa shape index (κ1) is 17.2.